The largest absolute Gasteiger partial charge is 0.458 e. The minimum atomic E-state index is -1.10. The number of carbonyl (C=O) groups is 4. The first-order chi connectivity index (χ1) is 21.9. The molecule has 10 heteroatoms. The summed E-state index contributed by atoms with van der Waals surface area (Å²) in [5.41, 5.74) is 1.90. The van der Waals surface area contributed by atoms with Crippen LogP contribution in [-0.2, 0) is 30.3 Å². The fourth-order valence-electron chi connectivity index (χ4n) is 4.96. The van der Waals surface area contributed by atoms with Crippen molar-refractivity contribution >= 4 is 35.6 Å². The highest BCUT2D eigenvalue weighted by Gasteiger charge is 2.40. The van der Waals surface area contributed by atoms with Gasteiger partial charge in [0.15, 0.2) is 0 Å². The molecule has 9 nitrogen and oxygen atoms in total. The summed E-state index contributed by atoms with van der Waals surface area (Å²) >= 11 is 1.55. The Bertz CT molecular complexity index is 1350. The van der Waals surface area contributed by atoms with Gasteiger partial charge in [-0.3, -0.25) is 9.59 Å². The molecule has 47 heavy (non-hydrogen) atoms. The number of hydrogen-bond acceptors (Lipinski definition) is 7. The summed E-state index contributed by atoms with van der Waals surface area (Å²) in [4.78, 5) is 57.2. The molecule has 4 atom stereocenters. The second-order valence-corrected chi connectivity index (χ2v) is 15.0. The first-order valence-electron chi connectivity index (χ1n) is 16.3. The van der Waals surface area contributed by atoms with E-state index in [9.17, 15) is 19.2 Å². The van der Waals surface area contributed by atoms with Gasteiger partial charge in [-0.2, -0.15) is 11.8 Å². The number of benzene rings is 2. The molecular weight excluding hydrogens is 614 g/mol. The van der Waals surface area contributed by atoms with Crippen LogP contribution >= 0.6 is 11.8 Å². The lowest BCUT2D eigenvalue weighted by molar-refractivity contribution is -0.159. The van der Waals surface area contributed by atoms with E-state index >= 15 is 0 Å². The lowest BCUT2D eigenvalue weighted by atomic mass is 9.95. The molecule has 260 valence electrons. The summed E-state index contributed by atoms with van der Waals surface area (Å²) in [7, 11) is 0. The zero-order valence-electron chi connectivity index (χ0n) is 30.1. The Morgan fingerprint density at radius 2 is 1.47 bits per heavy atom. The summed E-state index contributed by atoms with van der Waals surface area (Å²) in [6.45, 7) is 18.4. The molecule has 0 radical (unpaired) electrons. The molecular formula is C37H55N3O6S. The van der Waals surface area contributed by atoms with Crippen molar-refractivity contribution in [2.45, 2.75) is 124 Å². The summed E-state index contributed by atoms with van der Waals surface area (Å²) < 4.78 is 11.2. The maximum Gasteiger partial charge on any atom is 0.408 e. The maximum absolute atomic E-state index is 14.6. The number of carbonyl (C=O) groups excluding carboxylic acids is 4. The number of alkyl carbamates (subject to hydrolysis) is 1. The predicted molar refractivity (Wildman–Crippen MR) is 189 cm³/mol. The van der Waals surface area contributed by atoms with Gasteiger partial charge in [0.05, 0.1) is 0 Å². The van der Waals surface area contributed by atoms with Crippen molar-refractivity contribution < 1.29 is 28.7 Å². The number of nitrogens with zero attached hydrogens (tertiary/aromatic N) is 1. The molecule has 0 aromatic heterocycles. The average Bonchev–Trinajstić information content (AvgIpc) is 2.97. The van der Waals surface area contributed by atoms with Gasteiger partial charge in [-0.25, -0.2) is 9.59 Å². The highest BCUT2D eigenvalue weighted by Crippen LogP contribution is 2.29. The van der Waals surface area contributed by atoms with Crippen LogP contribution in [0.2, 0.25) is 0 Å². The van der Waals surface area contributed by atoms with Crippen molar-refractivity contribution in [3.05, 3.63) is 70.8 Å². The fourth-order valence-corrected chi connectivity index (χ4v) is 5.43. The first-order valence-corrected chi connectivity index (χ1v) is 17.7. The minimum Gasteiger partial charge on any atom is -0.458 e. The minimum absolute atomic E-state index is 0.203. The Morgan fingerprint density at radius 1 is 0.851 bits per heavy atom. The van der Waals surface area contributed by atoms with E-state index in [4.69, 9.17) is 9.47 Å². The van der Waals surface area contributed by atoms with Crippen molar-refractivity contribution in [2.24, 2.45) is 0 Å². The van der Waals surface area contributed by atoms with Crippen LogP contribution in [0.3, 0.4) is 0 Å². The highest BCUT2D eigenvalue weighted by molar-refractivity contribution is 7.98. The zero-order valence-corrected chi connectivity index (χ0v) is 30.9. The fraction of sp³-hybridized carbons (Fsp3) is 0.568. The van der Waals surface area contributed by atoms with Gasteiger partial charge in [0.1, 0.15) is 29.3 Å². The molecule has 0 saturated heterocycles. The first kappa shape index (κ1) is 39.6. The van der Waals surface area contributed by atoms with Crippen LogP contribution in [0.25, 0.3) is 0 Å². The topological polar surface area (TPSA) is 114 Å². The number of thioether (sulfide) groups is 1. The van der Waals surface area contributed by atoms with Crippen LogP contribution in [0.1, 0.15) is 96.5 Å². The second kappa shape index (κ2) is 17.6. The lowest BCUT2D eigenvalue weighted by Crippen LogP contribution is -2.57. The molecule has 0 fully saturated rings. The monoisotopic (exact) mass is 669 g/mol. The standard InChI is InChI=1S/C37H55N3O6S/c1-12-26(4)40(33(42)29(20-21-47-11)39-35(44)46-37(8,9)10)31(28-19-18-24(2)25(3)22-28)32(41)38-30(34(43)45-36(5,6)7)23-27-16-14-13-15-17-27/h13-19,22,26,29-31H,12,20-21,23H2,1-11H3,(H,38,41)(H,39,44). The van der Waals surface area contributed by atoms with E-state index in [2.05, 4.69) is 10.6 Å². The van der Waals surface area contributed by atoms with E-state index in [1.807, 2.05) is 82.5 Å². The van der Waals surface area contributed by atoms with Crippen LogP contribution in [0.4, 0.5) is 4.79 Å². The van der Waals surface area contributed by atoms with Crippen molar-refractivity contribution in [3.8, 4) is 0 Å². The molecule has 0 saturated carbocycles. The number of hydrogen-bond donors (Lipinski definition) is 2. The van der Waals surface area contributed by atoms with Crippen LogP contribution in [0, 0.1) is 13.8 Å². The van der Waals surface area contributed by atoms with Crippen LogP contribution in [0.15, 0.2) is 48.5 Å². The molecule has 0 heterocycles. The number of nitrogens with one attached hydrogen (secondary N) is 2. The molecule has 0 spiro atoms. The zero-order chi connectivity index (χ0) is 35.5. The molecule has 3 amide bonds. The van der Waals surface area contributed by atoms with Crippen molar-refractivity contribution in [1.29, 1.82) is 0 Å². The molecule has 0 aliphatic heterocycles. The molecule has 2 rings (SSSR count). The lowest BCUT2D eigenvalue weighted by Gasteiger charge is -2.39. The van der Waals surface area contributed by atoms with Gasteiger partial charge in [0.25, 0.3) is 0 Å². The normalized spacial score (nSPS) is 14.3. The number of esters is 1. The molecule has 2 aromatic carbocycles. The third-order valence-corrected chi connectivity index (χ3v) is 8.23. The Morgan fingerprint density at radius 3 is 2.00 bits per heavy atom. The van der Waals surface area contributed by atoms with Gasteiger partial charge < -0.3 is 25.0 Å². The summed E-state index contributed by atoms with van der Waals surface area (Å²) in [5.74, 6) is -0.901. The summed E-state index contributed by atoms with van der Waals surface area (Å²) in [6.07, 6.45) is 2.30. The SMILES string of the molecule is CCC(C)N(C(=O)C(CCSC)NC(=O)OC(C)(C)C)C(C(=O)NC(Cc1ccccc1)C(=O)OC(C)(C)C)c1ccc(C)c(C)c1. The van der Waals surface area contributed by atoms with Gasteiger partial charge in [-0.15, -0.1) is 0 Å². The average molecular weight is 670 g/mol. The van der Waals surface area contributed by atoms with E-state index in [-0.39, 0.29) is 6.42 Å². The Hall–Kier alpha value is -3.53. The Kier molecular flexibility index (Phi) is 14.8. The number of rotatable bonds is 14. The molecule has 4 unspecified atom stereocenters. The molecule has 2 N–H and O–H groups in total. The van der Waals surface area contributed by atoms with Gasteiger partial charge in [0.2, 0.25) is 11.8 Å². The molecule has 2 aromatic rings. The van der Waals surface area contributed by atoms with Gasteiger partial charge >= 0.3 is 12.1 Å². The maximum atomic E-state index is 14.6. The quantitative estimate of drug-likeness (QED) is 0.216. The Balaban J connectivity index is 2.66. The van der Waals surface area contributed by atoms with E-state index in [1.54, 1.807) is 58.2 Å². The van der Waals surface area contributed by atoms with Gasteiger partial charge in [-0.05, 0) is 109 Å². The van der Waals surface area contributed by atoms with Crippen LogP contribution in [0.5, 0.6) is 0 Å². The summed E-state index contributed by atoms with van der Waals surface area (Å²) in [5, 5.41) is 5.74. The van der Waals surface area contributed by atoms with Gasteiger partial charge in [-0.1, -0.05) is 55.5 Å². The number of amides is 3. The van der Waals surface area contributed by atoms with E-state index in [1.165, 1.54) is 0 Å². The van der Waals surface area contributed by atoms with Crippen LogP contribution in [-0.4, -0.2) is 70.1 Å². The molecule has 0 aliphatic rings. The van der Waals surface area contributed by atoms with Crippen molar-refractivity contribution in [3.63, 3.8) is 0 Å². The molecule has 0 aliphatic carbocycles. The van der Waals surface area contributed by atoms with E-state index in [0.717, 1.165) is 16.7 Å². The number of ether oxygens (including phenoxy) is 2. The van der Waals surface area contributed by atoms with Crippen molar-refractivity contribution in [1.82, 2.24) is 15.5 Å². The third-order valence-electron chi connectivity index (χ3n) is 7.58. The Labute approximate surface area is 285 Å². The molecule has 0 bridgehead atoms. The van der Waals surface area contributed by atoms with E-state index < -0.39 is 59.2 Å². The highest BCUT2D eigenvalue weighted by atomic mass is 32.2. The summed E-state index contributed by atoms with van der Waals surface area (Å²) in [6, 6.07) is 11.6. The smallest absolute Gasteiger partial charge is 0.408 e. The predicted octanol–water partition coefficient (Wildman–Crippen LogP) is 6.69. The van der Waals surface area contributed by atoms with E-state index in [0.29, 0.717) is 24.2 Å². The number of aryl methyl sites for hydroxylation is 2. The van der Waals surface area contributed by atoms with Crippen molar-refractivity contribution in [2.75, 3.05) is 12.0 Å². The second-order valence-electron chi connectivity index (χ2n) is 14.0. The third kappa shape index (κ3) is 12.9. The van der Waals surface area contributed by atoms with Gasteiger partial charge in [0, 0.05) is 12.5 Å². The van der Waals surface area contributed by atoms with Crippen LogP contribution < -0.4 is 10.6 Å².